The summed E-state index contributed by atoms with van der Waals surface area (Å²) in [5.74, 6) is -2.90. The van der Waals surface area contributed by atoms with Crippen LogP contribution in [0.5, 0.6) is 5.75 Å². The van der Waals surface area contributed by atoms with E-state index in [9.17, 15) is 23.9 Å². The van der Waals surface area contributed by atoms with Gasteiger partial charge in [0.15, 0.2) is 23.5 Å². The van der Waals surface area contributed by atoms with Crippen molar-refractivity contribution in [1.29, 1.82) is 0 Å². The zero-order valence-electron chi connectivity index (χ0n) is 16.9. The number of ether oxygens (including phenoxy) is 2. The fourth-order valence-corrected chi connectivity index (χ4v) is 2.69. The van der Waals surface area contributed by atoms with Crippen molar-refractivity contribution in [2.45, 2.75) is 26.1 Å². The largest absolute Gasteiger partial charge is 0.505 e. The summed E-state index contributed by atoms with van der Waals surface area (Å²) < 4.78 is 24.8. The van der Waals surface area contributed by atoms with Crippen molar-refractivity contribution >= 4 is 23.5 Å². The average molecular weight is 431 g/mol. The molecular weight excluding hydrogens is 409 g/mol. The van der Waals surface area contributed by atoms with Gasteiger partial charge in [0.2, 0.25) is 0 Å². The molecule has 0 fully saturated rings. The Morgan fingerprint density at radius 2 is 1.84 bits per heavy atom. The Hall–Kier alpha value is -3.72. The number of aromatic hydroxyl groups is 1. The lowest BCUT2D eigenvalue weighted by atomic mass is 10.0. The second-order valence-electron chi connectivity index (χ2n) is 6.41. The summed E-state index contributed by atoms with van der Waals surface area (Å²) in [7, 11) is 0. The number of carboxylic acids is 1. The van der Waals surface area contributed by atoms with E-state index in [1.165, 1.54) is 43.3 Å². The molecular formula is C22H22FNO7. The molecule has 0 spiro atoms. The molecule has 0 saturated carbocycles. The molecule has 1 amide bonds. The Morgan fingerprint density at radius 1 is 1.16 bits per heavy atom. The molecule has 3 N–H and O–H groups in total. The van der Waals surface area contributed by atoms with Crippen molar-refractivity contribution in [3.05, 3.63) is 71.6 Å². The summed E-state index contributed by atoms with van der Waals surface area (Å²) in [5, 5.41) is 20.8. The fraction of sp³-hybridized carbons (Fsp3) is 0.227. The van der Waals surface area contributed by atoms with Gasteiger partial charge in [0.25, 0.3) is 0 Å². The minimum Gasteiger partial charge on any atom is -0.505 e. The number of aliphatic carboxylic acids is 1. The molecule has 2 aromatic carbocycles. The van der Waals surface area contributed by atoms with Crippen molar-refractivity contribution in [3.63, 3.8) is 0 Å². The molecule has 2 atom stereocenters. The van der Waals surface area contributed by atoms with Gasteiger partial charge < -0.3 is 19.7 Å². The van der Waals surface area contributed by atoms with Crippen molar-refractivity contribution in [1.82, 2.24) is 0 Å². The first-order valence-corrected chi connectivity index (χ1v) is 9.31. The standard InChI is InChI=1S/C22H22FNO7/c1-3-30-19(10-11-20(27)28)21(15-6-9-18(26)17(23)12-15)31-22(29)24-16-7-4-14(5-8-16)13(2)25/h4-12,19,21,26H,3H2,1-2H3,(H,24,29)(H,27,28)/b11-10+/t19-,21-/m1/s1. The van der Waals surface area contributed by atoms with Gasteiger partial charge in [0, 0.05) is 23.9 Å². The van der Waals surface area contributed by atoms with Crippen LogP contribution in [0.15, 0.2) is 54.6 Å². The number of nitrogens with one attached hydrogen (secondary N) is 1. The molecule has 9 heteroatoms. The van der Waals surface area contributed by atoms with Crippen LogP contribution >= 0.6 is 0 Å². The number of carbonyl (C=O) groups is 3. The summed E-state index contributed by atoms with van der Waals surface area (Å²) >= 11 is 0. The molecule has 0 aliphatic rings. The van der Waals surface area contributed by atoms with E-state index >= 15 is 0 Å². The molecule has 31 heavy (non-hydrogen) atoms. The molecule has 0 bridgehead atoms. The fourth-order valence-electron chi connectivity index (χ4n) is 2.69. The van der Waals surface area contributed by atoms with Gasteiger partial charge >= 0.3 is 12.1 Å². The topological polar surface area (TPSA) is 122 Å². The number of amides is 1. The minimum absolute atomic E-state index is 0.131. The average Bonchev–Trinajstić information content (AvgIpc) is 2.72. The molecule has 0 aliphatic heterocycles. The third-order valence-electron chi connectivity index (χ3n) is 4.16. The Morgan fingerprint density at radius 3 is 2.39 bits per heavy atom. The van der Waals surface area contributed by atoms with E-state index < -0.39 is 35.8 Å². The Labute approximate surface area is 177 Å². The highest BCUT2D eigenvalue weighted by atomic mass is 19.1. The van der Waals surface area contributed by atoms with Gasteiger partial charge in [0.1, 0.15) is 6.10 Å². The molecule has 0 saturated heterocycles. The quantitative estimate of drug-likeness (QED) is 0.404. The zero-order valence-corrected chi connectivity index (χ0v) is 16.9. The molecule has 2 rings (SSSR count). The first-order chi connectivity index (χ1) is 14.7. The van der Waals surface area contributed by atoms with Crippen LogP contribution in [0.3, 0.4) is 0 Å². The summed E-state index contributed by atoms with van der Waals surface area (Å²) in [5.41, 5.74) is 0.956. The maximum atomic E-state index is 13.9. The number of anilines is 1. The van der Waals surface area contributed by atoms with Gasteiger partial charge in [-0.2, -0.15) is 0 Å². The SMILES string of the molecule is CCO[C@H](/C=C/C(=O)O)[C@H](OC(=O)Nc1ccc(C(C)=O)cc1)c1ccc(O)c(F)c1. The number of hydrogen-bond acceptors (Lipinski definition) is 6. The van der Waals surface area contributed by atoms with Crippen LogP contribution < -0.4 is 5.32 Å². The zero-order chi connectivity index (χ0) is 23.0. The normalized spacial score (nSPS) is 12.9. The molecule has 164 valence electrons. The number of benzene rings is 2. The number of phenolic OH excluding ortho intramolecular Hbond substituents is 1. The number of carboxylic acid groups (broad SMARTS) is 1. The monoisotopic (exact) mass is 431 g/mol. The van der Waals surface area contributed by atoms with Gasteiger partial charge in [-0.1, -0.05) is 6.07 Å². The van der Waals surface area contributed by atoms with Gasteiger partial charge in [-0.25, -0.2) is 14.0 Å². The number of phenols is 1. The predicted octanol–water partition coefficient (Wildman–Crippen LogP) is 4.07. The van der Waals surface area contributed by atoms with Crippen molar-refractivity contribution in [3.8, 4) is 5.75 Å². The van der Waals surface area contributed by atoms with Crippen LogP contribution in [0.1, 0.15) is 35.9 Å². The van der Waals surface area contributed by atoms with E-state index in [0.29, 0.717) is 11.3 Å². The van der Waals surface area contributed by atoms with Crippen LogP contribution in [0.4, 0.5) is 14.9 Å². The van der Waals surface area contributed by atoms with Gasteiger partial charge in [0.05, 0.1) is 0 Å². The number of halogens is 1. The van der Waals surface area contributed by atoms with Crippen LogP contribution in [0.2, 0.25) is 0 Å². The van der Waals surface area contributed by atoms with Crippen LogP contribution in [-0.2, 0) is 14.3 Å². The van der Waals surface area contributed by atoms with Crippen LogP contribution in [-0.4, -0.2) is 40.8 Å². The van der Waals surface area contributed by atoms with E-state index in [0.717, 1.165) is 18.2 Å². The third-order valence-corrected chi connectivity index (χ3v) is 4.16. The molecule has 0 heterocycles. The maximum Gasteiger partial charge on any atom is 0.412 e. The highest BCUT2D eigenvalue weighted by molar-refractivity contribution is 5.95. The second kappa shape index (κ2) is 10.9. The number of Topliss-reactive ketones (excluding diaryl/α,β-unsaturated/α-hetero) is 1. The maximum absolute atomic E-state index is 13.9. The lowest BCUT2D eigenvalue weighted by Crippen LogP contribution is -2.28. The summed E-state index contributed by atoms with van der Waals surface area (Å²) in [6.07, 6.45) is -1.18. The third kappa shape index (κ3) is 6.93. The van der Waals surface area contributed by atoms with Gasteiger partial charge in [-0.3, -0.25) is 10.1 Å². The molecule has 8 nitrogen and oxygen atoms in total. The Balaban J connectivity index is 2.29. The lowest BCUT2D eigenvalue weighted by molar-refractivity contribution is -0.131. The van der Waals surface area contributed by atoms with Gasteiger partial charge in [-0.05, 0) is 61.9 Å². The Bertz CT molecular complexity index is 972. The summed E-state index contributed by atoms with van der Waals surface area (Å²) in [6.45, 7) is 3.23. The van der Waals surface area contributed by atoms with Crippen LogP contribution in [0, 0.1) is 5.82 Å². The molecule has 2 aromatic rings. The van der Waals surface area contributed by atoms with Crippen molar-refractivity contribution in [2.75, 3.05) is 11.9 Å². The Kier molecular flexibility index (Phi) is 8.27. The minimum atomic E-state index is -1.24. The number of rotatable bonds is 9. The van der Waals surface area contributed by atoms with E-state index in [2.05, 4.69) is 5.32 Å². The molecule has 0 unspecified atom stereocenters. The highest BCUT2D eigenvalue weighted by Crippen LogP contribution is 2.29. The van der Waals surface area contributed by atoms with E-state index in [1.807, 2.05) is 0 Å². The van der Waals surface area contributed by atoms with E-state index in [-0.39, 0.29) is 18.0 Å². The molecule has 0 radical (unpaired) electrons. The first-order valence-electron chi connectivity index (χ1n) is 9.31. The van der Waals surface area contributed by atoms with Crippen molar-refractivity contribution in [2.24, 2.45) is 0 Å². The highest BCUT2D eigenvalue weighted by Gasteiger charge is 2.27. The number of carbonyl (C=O) groups excluding carboxylic acids is 2. The summed E-state index contributed by atoms with van der Waals surface area (Å²) in [4.78, 5) is 34.8. The smallest absolute Gasteiger partial charge is 0.412 e. The second-order valence-corrected chi connectivity index (χ2v) is 6.41. The molecule has 0 aliphatic carbocycles. The van der Waals surface area contributed by atoms with E-state index in [1.54, 1.807) is 6.92 Å². The number of hydrogen-bond donors (Lipinski definition) is 3. The molecule has 0 aromatic heterocycles. The predicted molar refractivity (Wildman–Crippen MR) is 110 cm³/mol. The van der Waals surface area contributed by atoms with Gasteiger partial charge in [-0.15, -0.1) is 0 Å². The summed E-state index contributed by atoms with van der Waals surface area (Å²) in [6, 6.07) is 9.47. The van der Waals surface area contributed by atoms with Crippen molar-refractivity contribution < 1.29 is 38.5 Å². The lowest BCUT2D eigenvalue weighted by Gasteiger charge is -2.25. The van der Waals surface area contributed by atoms with E-state index in [4.69, 9.17) is 14.6 Å². The van der Waals surface area contributed by atoms with Crippen LogP contribution in [0.25, 0.3) is 0 Å². The first kappa shape index (κ1) is 23.6. The number of ketones is 1.